The van der Waals surface area contributed by atoms with Gasteiger partial charge >= 0.3 is 5.97 Å². The molecular weight excluding hydrogens is 296 g/mol. The van der Waals surface area contributed by atoms with Crippen molar-refractivity contribution in [1.29, 1.82) is 0 Å². The summed E-state index contributed by atoms with van der Waals surface area (Å²) < 4.78 is 5.09. The highest BCUT2D eigenvalue weighted by Crippen LogP contribution is 2.34. The highest BCUT2D eigenvalue weighted by molar-refractivity contribution is 5.79. The van der Waals surface area contributed by atoms with Crippen LogP contribution in [-0.4, -0.2) is 73.2 Å². The Hall–Kier alpha value is -1.14. The van der Waals surface area contributed by atoms with Gasteiger partial charge in [-0.15, -0.1) is 0 Å². The molecule has 2 aliphatic heterocycles. The van der Waals surface area contributed by atoms with Gasteiger partial charge in [0.15, 0.2) is 0 Å². The average molecular weight is 326 g/mol. The maximum absolute atomic E-state index is 12.5. The normalized spacial score (nSPS) is 26.7. The minimum atomic E-state index is -0.771. The molecule has 2 rings (SSSR count). The third-order valence-electron chi connectivity index (χ3n) is 5.21. The van der Waals surface area contributed by atoms with Gasteiger partial charge in [0.2, 0.25) is 5.91 Å². The summed E-state index contributed by atoms with van der Waals surface area (Å²) in [5.41, 5.74) is -0.771. The van der Waals surface area contributed by atoms with Crippen molar-refractivity contribution in [2.24, 2.45) is 5.41 Å². The van der Waals surface area contributed by atoms with Crippen molar-refractivity contribution < 1.29 is 19.4 Å². The van der Waals surface area contributed by atoms with E-state index in [9.17, 15) is 14.7 Å². The predicted octanol–water partition coefficient (Wildman–Crippen LogP) is 1.59. The number of amides is 1. The van der Waals surface area contributed by atoms with E-state index < -0.39 is 11.4 Å². The van der Waals surface area contributed by atoms with Gasteiger partial charge in [-0.05, 0) is 38.6 Å². The standard InChI is InChI=1S/C17H30N2O4/c1-23-12-8-17(16(21)22)7-6-9-18(14-17)13-15(20)19-10-4-2-3-5-11-19/h2-14H2,1H3,(H,21,22). The molecule has 2 heterocycles. The van der Waals surface area contributed by atoms with Gasteiger partial charge in [-0.1, -0.05) is 12.8 Å². The first-order valence-electron chi connectivity index (χ1n) is 8.80. The number of nitrogens with zero attached hydrogens (tertiary/aromatic N) is 2. The monoisotopic (exact) mass is 326 g/mol. The number of carboxylic acids is 1. The lowest BCUT2D eigenvalue weighted by Gasteiger charge is -2.40. The highest BCUT2D eigenvalue weighted by Gasteiger charge is 2.42. The summed E-state index contributed by atoms with van der Waals surface area (Å²) in [4.78, 5) is 28.3. The molecule has 2 saturated heterocycles. The lowest BCUT2D eigenvalue weighted by atomic mass is 9.77. The summed E-state index contributed by atoms with van der Waals surface area (Å²) in [5.74, 6) is -0.610. The van der Waals surface area contributed by atoms with Crippen LogP contribution < -0.4 is 0 Å². The summed E-state index contributed by atoms with van der Waals surface area (Å²) in [6.45, 7) is 3.75. The zero-order valence-electron chi connectivity index (χ0n) is 14.3. The largest absolute Gasteiger partial charge is 0.481 e. The Morgan fingerprint density at radius 3 is 2.39 bits per heavy atom. The van der Waals surface area contributed by atoms with E-state index in [1.807, 2.05) is 9.80 Å². The van der Waals surface area contributed by atoms with Crippen LogP contribution in [0.1, 0.15) is 44.9 Å². The van der Waals surface area contributed by atoms with E-state index in [1.165, 1.54) is 12.8 Å². The first kappa shape index (κ1) is 18.2. The molecule has 6 heteroatoms. The molecule has 6 nitrogen and oxygen atoms in total. The number of carboxylic acid groups (broad SMARTS) is 1. The van der Waals surface area contributed by atoms with Crippen molar-refractivity contribution in [3.05, 3.63) is 0 Å². The number of likely N-dealkylation sites (tertiary alicyclic amines) is 2. The van der Waals surface area contributed by atoms with Gasteiger partial charge in [-0.3, -0.25) is 14.5 Å². The van der Waals surface area contributed by atoms with Crippen molar-refractivity contribution in [3.8, 4) is 0 Å². The Balaban J connectivity index is 1.93. The number of piperidine rings is 1. The van der Waals surface area contributed by atoms with Crippen molar-refractivity contribution in [3.63, 3.8) is 0 Å². The quantitative estimate of drug-likeness (QED) is 0.803. The molecule has 0 aromatic rings. The second-order valence-electron chi connectivity index (χ2n) is 6.94. The number of carbonyl (C=O) groups is 2. The SMILES string of the molecule is COCCC1(C(=O)O)CCCN(CC(=O)N2CCCCCC2)C1. The number of hydrogen-bond donors (Lipinski definition) is 1. The maximum Gasteiger partial charge on any atom is 0.311 e. The van der Waals surface area contributed by atoms with E-state index in [0.717, 1.165) is 38.9 Å². The number of hydrogen-bond acceptors (Lipinski definition) is 4. The molecule has 0 radical (unpaired) electrons. The van der Waals surface area contributed by atoms with Gasteiger partial charge in [0.1, 0.15) is 0 Å². The molecule has 0 aromatic carbocycles. The van der Waals surface area contributed by atoms with Crippen LogP contribution in [0.2, 0.25) is 0 Å². The second kappa shape index (κ2) is 8.64. The van der Waals surface area contributed by atoms with Gasteiger partial charge in [-0.2, -0.15) is 0 Å². The Morgan fingerprint density at radius 2 is 1.78 bits per heavy atom. The first-order valence-corrected chi connectivity index (χ1v) is 8.80. The van der Waals surface area contributed by atoms with Gasteiger partial charge in [0, 0.05) is 33.4 Å². The topological polar surface area (TPSA) is 70.1 Å². The van der Waals surface area contributed by atoms with Crippen LogP contribution >= 0.6 is 0 Å². The van der Waals surface area contributed by atoms with Gasteiger partial charge < -0.3 is 14.7 Å². The first-order chi connectivity index (χ1) is 11.1. The molecule has 132 valence electrons. The van der Waals surface area contributed by atoms with Crippen LogP contribution in [-0.2, 0) is 14.3 Å². The Morgan fingerprint density at radius 1 is 1.09 bits per heavy atom. The van der Waals surface area contributed by atoms with E-state index >= 15 is 0 Å². The summed E-state index contributed by atoms with van der Waals surface area (Å²) >= 11 is 0. The van der Waals surface area contributed by atoms with Gasteiger partial charge in [0.05, 0.1) is 12.0 Å². The van der Waals surface area contributed by atoms with E-state index in [4.69, 9.17) is 4.74 Å². The molecule has 0 saturated carbocycles. The van der Waals surface area contributed by atoms with E-state index in [1.54, 1.807) is 7.11 Å². The van der Waals surface area contributed by atoms with E-state index in [-0.39, 0.29) is 5.91 Å². The molecule has 0 aliphatic carbocycles. The van der Waals surface area contributed by atoms with Crippen molar-refractivity contribution >= 4 is 11.9 Å². The second-order valence-corrected chi connectivity index (χ2v) is 6.94. The molecule has 2 fully saturated rings. The fourth-order valence-electron chi connectivity index (χ4n) is 3.76. The average Bonchev–Trinajstić information content (AvgIpc) is 2.82. The predicted molar refractivity (Wildman–Crippen MR) is 87.3 cm³/mol. The molecule has 0 spiro atoms. The van der Waals surface area contributed by atoms with Crippen molar-refractivity contribution in [2.75, 3.05) is 46.4 Å². The third-order valence-corrected chi connectivity index (χ3v) is 5.21. The molecular formula is C17H30N2O4. The number of methoxy groups -OCH3 is 1. The zero-order valence-corrected chi connectivity index (χ0v) is 14.3. The van der Waals surface area contributed by atoms with Crippen molar-refractivity contribution in [1.82, 2.24) is 9.80 Å². The van der Waals surface area contributed by atoms with Crippen LogP contribution in [0.15, 0.2) is 0 Å². The van der Waals surface area contributed by atoms with Crippen LogP contribution in [0.25, 0.3) is 0 Å². The Bertz CT molecular complexity index is 407. The Kier molecular flexibility index (Phi) is 6.84. The number of aliphatic carboxylic acids is 1. The van der Waals surface area contributed by atoms with Gasteiger partial charge in [-0.25, -0.2) is 0 Å². The number of rotatable bonds is 6. The number of ether oxygens (including phenoxy) is 1. The lowest BCUT2D eigenvalue weighted by molar-refractivity contribution is -0.155. The van der Waals surface area contributed by atoms with Crippen molar-refractivity contribution in [2.45, 2.75) is 44.9 Å². The molecule has 1 unspecified atom stereocenters. The van der Waals surface area contributed by atoms with Crippen LogP contribution in [0.3, 0.4) is 0 Å². The third kappa shape index (κ3) is 4.91. The Labute approximate surface area is 138 Å². The molecule has 1 atom stereocenters. The molecule has 0 aromatic heterocycles. The summed E-state index contributed by atoms with van der Waals surface area (Å²) in [6.07, 6.45) is 6.56. The fraction of sp³-hybridized carbons (Fsp3) is 0.882. The molecule has 23 heavy (non-hydrogen) atoms. The molecule has 1 amide bonds. The van der Waals surface area contributed by atoms with Gasteiger partial charge in [0.25, 0.3) is 0 Å². The lowest BCUT2D eigenvalue weighted by Crippen LogP contribution is -2.51. The zero-order chi connectivity index (χ0) is 16.7. The minimum Gasteiger partial charge on any atom is -0.481 e. The highest BCUT2D eigenvalue weighted by atomic mass is 16.5. The summed E-state index contributed by atoms with van der Waals surface area (Å²) in [7, 11) is 1.60. The van der Waals surface area contributed by atoms with E-state index in [0.29, 0.717) is 32.5 Å². The van der Waals surface area contributed by atoms with Crippen LogP contribution in [0.4, 0.5) is 0 Å². The smallest absolute Gasteiger partial charge is 0.311 e. The summed E-state index contributed by atoms with van der Waals surface area (Å²) in [5, 5.41) is 9.68. The van der Waals surface area contributed by atoms with E-state index in [2.05, 4.69) is 0 Å². The number of carbonyl (C=O) groups excluding carboxylic acids is 1. The van der Waals surface area contributed by atoms with Crippen LogP contribution in [0, 0.1) is 5.41 Å². The minimum absolute atomic E-state index is 0.153. The summed E-state index contributed by atoms with van der Waals surface area (Å²) in [6, 6.07) is 0. The van der Waals surface area contributed by atoms with Crippen LogP contribution in [0.5, 0.6) is 0 Å². The molecule has 1 N–H and O–H groups in total. The maximum atomic E-state index is 12.5. The molecule has 2 aliphatic rings. The molecule has 0 bridgehead atoms. The fourth-order valence-corrected chi connectivity index (χ4v) is 3.76.